The minimum atomic E-state index is -0.235. The molecule has 0 bridgehead atoms. The van der Waals surface area contributed by atoms with E-state index in [1.54, 1.807) is 24.3 Å². The van der Waals surface area contributed by atoms with Gasteiger partial charge in [0.2, 0.25) is 5.91 Å². The van der Waals surface area contributed by atoms with Crippen molar-refractivity contribution in [3.63, 3.8) is 0 Å². The van der Waals surface area contributed by atoms with Crippen LogP contribution in [0.1, 0.15) is 11.1 Å². The summed E-state index contributed by atoms with van der Waals surface area (Å²) < 4.78 is 0. The lowest BCUT2D eigenvalue weighted by Crippen LogP contribution is -2.09. The third kappa shape index (κ3) is 5.78. The highest BCUT2D eigenvalue weighted by Gasteiger charge is 2.01. The van der Waals surface area contributed by atoms with E-state index in [0.717, 1.165) is 16.8 Å². The van der Waals surface area contributed by atoms with E-state index in [2.05, 4.69) is 10.6 Å². The number of nitrogens with two attached hydrogens (primary N) is 1. The van der Waals surface area contributed by atoms with Gasteiger partial charge in [-0.3, -0.25) is 4.79 Å². The summed E-state index contributed by atoms with van der Waals surface area (Å²) in [6.07, 6.45) is 3.23. The van der Waals surface area contributed by atoms with E-state index in [1.807, 2.05) is 48.5 Å². The first-order valence-corrected chi connectivity index (χ1v) is 9.38. The standard InChI is InChI=1S/C22H19Cl2N3O/c23-17-11-18(24)13-19(12-17)26-14-16-7-5-15(6-8-16)9-10-22(28)27-21-4-2-1-3-20(21)25/h1-13,26H,14,25H2,(H,27,28)/b10-9-. The Morgan fingerprint density at radius 2 is 1.64 bits per heavy atom. The normalized spacial score (nSPS) is 10.8. The monoisotopic (exact) mass is 411 g/mol. The van der Waals surface area contributed by atoms with Crippen molar-refractivity contribution in [3.8, 4) is 0 Å². The second-order valence-electron chi connectivity index (χ2n) is 6.16. The molecular formula is C22H19Cl2N3O. The molecule has 0 aromatic heterocycles. The predicted molar refractivity (Wildman–Crippen MR) is 119 cm³/mol. The van der Waals surface area contributed by atoms with E-state index in [-0.39, 0.29) is 5.91 Å². The fourth-order valence-corrected chi connectivity index (χ4v) is 3.09. The van der Waals surface area contributed by atoms with Crippen molar-refractivity contribution >= 4 is 52.2 Å². The molecule has 142 valence electrons. The summed E-state index contributed by atoms with van der Waals surface area (Å²) in [6.45, 7) is 0.633. The number of halogens is 2. The molecule has 4 N–H and O–H groups in total. The Labute approximate surface area is 174 Å². The Hall–Kier alpha value is -2.95. The molecule has 3 aromatic carbocycles. The van der Waals surface area contributed by atoms with Gasteiger partial charge in [0.25, 0.3) is 0 Å². The molecule has 0 spiro atoms. The van der Waals surface area contributed by atoms with Gasteiger partial charge in [0.1, 0.15) is 0 Å². The first-order valence-electron chi connectivity index (χ1n) is 8.62. The molecule has 6 heteroatoms. The summed E-state index contributed by atoms with van der Waals surface area (Å²) in [5.41, 5.74) is 9.82. The molecule has 0 heterocycles. The van der Waals surface area contributed by atoms with Crippen LogP contribution in [0.2, 0.25) is 10.0 Å². The van der Waals surface area contributed by atoms with Crippen molar-refractivity contribution in [2.45, 2.75) is 6.54 Å². The fourth-order valence-electron chi connectivity index (χ4n) is 2.56. The Morgan fingerprint density at radius 1 is 0.964 bits per heavy atom. The predicted octanol–water partition coefficient (Wildman–Crippen LogP) is 5.84. The second kappa shape index (κ2) is 9.31. The van der Waals surface area contributed by atoms with E-state index < -0.39 is 0 Å². The zero-order chi connectivity index (χ0) is 19.9. The molecule has 0 saturated carbocycles. The third-order valence-corrected chi connectivity index (χ3v) is 4.42. The smallest absolute Gasteiger partial charge is 0.248 e. The zero-order valence-electron chi connectivity index (χ0n) is 15.0. The summed E-state index contributed by atoms with van der Waals surface area (Å²) in [6, 6.07) is 20.4. The largest absolute Gasteiger partial charge is 0.397 e. The van der Waals surface area contributed by atoms with Crippen LogP contribution in [0.5, 0.6) is 0 Å². The molecule has 3 rings (SSSR count). The summed E-state index contributed by atoms with van der Waals surface area (Å²) in [5, 5.41) is 7.22. The number of carbonyl (C=O) groups excluding carboxylic acids is 1. The quantitative estimate of drug-likeness (QED) is 0.352. The molecule has 0 saturated heterocycles. The molecule has 0 aliphatic carbocycles. The average molecular weight is 412 g/mol. The van der Waals surface area contributed by atoms with Crippen molar-refractivity contribution in [3.05, 3.63) is 94.0 Å². The van der Waals surface area contributed by atoms with Crippen LogP contribution in [0, 0.1) is 0 Å². The molecule has 28 heavy (non-hydrogen) atoms. The Kier molecular flexibility index (Phi) is 6.58. The molecule has 0 aliphatic rings. The molecule has 0 fully saturated rings. The fraction of sp³-hybridized carbons (Fsp3) is 0.0455. The average Bonchev–Trinajstić information content (AvgIpc) is 2.67. The van der Waals surface area contributed by atoms with Crippen LogP contribution in [-0.4, -0.2) is 5.91 Å². The van der Waals surface area contributed by atoms with Gasteiger partial charge >= 0.3 is 0 Å². The summed E-state index contributed by atoms with van der Waals surface area (Å²) in [5.74, 6) is -0.235. The summed E-state index contributed by atoms with van der Waals surface area (Å²) in [4.78, 5) is 12.0. The molecular weight excluding hydrogens is 393 g/mol. The lowest BCUT2D eigenvalue weighted by atomic mass is 10.1. The molecule has 0 radical (unpaired) electrons. The molecule has 0 atom stereocenters. The van der Waals surface area contributed by atoms with Gasteiger partial charge in [0.15, 0.2) is 0 Å². The number of hydrogen-bond acceptors (Lipinski definition) is 3. The van der Waals surface area contributed by atoms with Gasteiger partial charge in [-0.2, -0.15) is 0 Å². The number of nitrogen functional groups attached to an aromatic ring is 1. The van der Waals surface area contributed by atoms with Crippen LogP contribution >= 0.6 is 23.2 Å². The van der Waals surface area contributed by atoms with E-state index in [9.17, 15) is 4.79 Å². The van der Waals surface area contributed by atoms with Gasteiger partial charge in [-0.25, -0.2) is 0 Å². The topological polar surface area (TPSA) is 67.1 Å². The summed E-state index contributed by atoms with van der Waals surface area (Å²) >= 11 is 12.0. The highest BCUT2D eigenvalue weighted by Crippen LogP contribution is 2.23. The third-order valence-electron chi connectivity index (χ3n) is 3.98. The minimum absolute atomic E-state index is 0.235. The highest BCUT2D eigenvalue weighted by atomic mass is 35.5. The number of benzene rings is 3. The van der Waals surface area contributed by atoms with Crippen molar-refractivity contribution in [1.82, 2.24) is 0 Å². The van der Waals surface area contributed by atoms with Crippen molar-refractivity contribution < 1.29 is 4.79 Å². The van der Waals surface area contributed by atoms with E-state index >= 15 is 0 Å². The minimum Gasteiger partial charge on any atom is -0.397 e. The van der Waals surface area contributed by atoms with Crippen LogP contribution in [0.4, 0.5) is 17.1 Å². The van der Waals surface area contributed by atoms with Gasteiger partial charge in [-0.15, -0.1) is 0 Å². The van der Waals surface area contributed by atoms with Crippen LogP contribution in [0.25, 0.3) is 6.08 Å². The highest BCUT2D eigenvalue weighted by molar-refractivity contribution is 6.35. The molecule has 3 aromatic rings. The van der Waals surface area contributed by atoms with Gasteiger partial charge in [-0.05, 0) is 47.5 Å². The number of para-hydroxylation sites is 2. The van der Waals surface area contributed by atoms with Crippen LogP contribution in [-0.2, 0) is 11.3 Å². The first kappa shape index (κ1) is 19.8. The lowest BCUT2D eigenvalue weighted by Gasteiger charge is -2.08. The first-order chi connectivity index (χ1) is 13.5. The van der Waals surface area contributed by atoms with E-state index in [4.69, 9.17) is 28.9 Å². The van der Waals surface area contributed by atoms with Crippen molar-refractivity contribution in [1.29, 1.82) is 0 Å². The molecule has 0 unspecified atom stereocenters. The van der Waals surface area contributed by atoms with Crippen LogP contribution < -0.4 is 16.4 Å². The summed E-state index contributed by atoms with van der Waals surface area (Å²) in [7, 11) is 0. The zero-order valence-corrected chi connectivity index (χ0v) is 16.5. The molecule has 0 aliphatic heterocycles. The van der Waals surface area contributed by atoms with E-state index in [0.29, 0.717) is 28.0 Å². The van der Waals surface area contributed by atoms with Crippen molar-refractivity contribution in [2.75, 3.05) is 16.4 Å². The van der Waals surface area contributed by atoms with E-state index in [1.165, 1.54) is 6.08 Å². The van der Waals surface area contributed by atoms with Crippen LogP contribution in [0.15, 0.2) is 72.8 Å². The maximum atomic E-state index is 12.0. The number of hydrogen-bond donors (Lipinski definition) is 3. The SMILES string of the molecule is Nc1ccccc1NC(=O)/C=C\c1ccc(CNc2cc(Cl)cc(Cl)c2)cc1. The van der Waals surface area contributed by atoms with Gasteiger partial charge in [-0.1, -0.05) is 59.6 Å². The number of anilines is 3. The molecule has 4 nitrogen and oxygen atoms in total. The van der Waals surface area contributed by atoms with Crippen LogP contribution in [0.3, 0.4) is 0 Å². The number of rotatable bonds is 6. The second-order valence-corrected chi connectivity index (χ2v) is 7.04. The molecule has 1 amide bonds. The maximum absolute atomic E-state index is 12.0. The van der Waals surface area contributed by atoms with Gasteiger partial charge in [0, 0.05) is 28.4 Å². The maximum Gasteiger partial charge on any atom is 0.248 e. The lowest BCUT2D eigenvalue weighted by molar-refractivity contribution is -0.111. The number of nitrogens with one attached hydrogen (secondary N) is 2. The number of carbonyl (C=O) groups is 1. The Balaban J connectivity index is 1.55. The number of amides is 1. The Bertz CT molecular complexity index is 981. The van der Waals surface area contributed by atoms with Gasteiger partial charge in [0.05, 0.1) is 11.4 Å². The Morgan fingerprint density at radius 3 is 2.32 bits per heavy atom. The van der Waals surface area contributed by atoms with Crippen molar-refractivity contribution in [2.24, 2.45) is 0 Å². The van der Waals surface area contributed by atoms with Gasteiger partial charge < -0.3 is 16.4 Å².